The van der Waals surface area contributed by atoms with Crippen molar-refractivity contribution in [2.24, 2.45) is 11.8 Å². The molecule has 0 aromatic heterocycles. The van der Waals surface area contributed by atoms with E-state index in [0.717, 1.165) is 5.56 Å². The largest absolute Gasteiger partial charge is 0.445 e. The predicted octanol–water partition coefficient (Wildman–Crippen LogP) is 1.04. The van der Waals surface area contributed by atoms with Gasteiger partial charge >= 0.3 is 6.09 Å². The van der Waals surface area contributed by atoms with Crippen LogP contribution in [-0.4, -0.2) is 34.6 Å². The van der Waals surface area contributed by atoms with Gasteiger partial charge in [-0.1, -0.05) is 30.3 Å². The smallest absolute Gasteiger partial charge is 0.407 e. The van der Waals surface area contributed by atoms with Gasteiger partial charge in [-0.25, -0.2) is 4.79 Å². The summed E-state index contributed by atoms with van der Waals surface area (Å²) in [4.78, 5) is 11.7. The monoisotopic (exact) mass is 277 g/mol. The number of alkyl carbamates (subject to hydrolysis) is 1. The number of ether oxygens (including phenoxy) is 1. The van der Waals surface area contributed by atoms with Crippen LogP contribution in [0.4, 0.5) is 4.79 Å². The van der Waals surface area contributed by atoms with Crippen molar-refractivity contribution in [1.29, 1.82) is 0 Å². The highest BCUT2D eigenvalue weighted by Crippen LogP contribution is 2.47. The molecule has 5 nitrogen and oxygen atoms in total. The Balaban J connectivity index is 1.44. The zero-order chi connectivity index (χ0) is 14.1. The lowest BCUT2D eigenvalue weighted by molar-refractivity contribution is -0.00537. The maximum atomic E-state index is 11.7. The van der Waals surface area contributed by atoms with E-state index in [1.807, 2.05) is 30.3 Å². The van der Waals surface area contributed by atoms with Gasteiger partial charge in [-0.3, -0.25) is 0 Å². The lowest BCUT2D eigenvalue weighted by atomic mass is 9.71. The van der Waals surface area contributed by atoms with Gasteiger partial charge in [0.1, 0.15) is 6.61 Å². The van der Waals surface area contributed by atoms with E-state index >= 15 is 0 Å². The maximum absolute atomic E-state index is 11.7. The molecule has 1 aromatic rings. The second-order valence-electron chi connectivity index (χ2n) is 5.67. The Hall–Kier alpha value is -1.59. The predicted molar refractivity (Wildman–Crippen MR) is 71.8 cm³/mol. The zero-order valence-electron chi connectivity index (χ0n) is 11.1. The number of aliphatic hydroxyl groups is 2. The highest BCUT2D eigenvalue weighted by atomic mass is 16.5. The van der Waals surface area contributed by atoms with Gasteiger partial charge in [0.2, 0.25) is 0 Å². The quantitative estimate of drug-likeness (QED) is 0.771. The number of hydrogen-bond acceptors (Lipinski definition) is 4. The minimum Gasteiger partial charge on any atom is -0.445 e. The second-order valence-corrected chi connectivity index (χ2v) is 5.67. The van der Waals surface area contributed by atoms with Crippen molar-refractivity contribution in [3.8, 4) is 0 Å². The summed E-state index contributed by atoms with van der Waals surface area (Å²) in [6.07, 6.45) is -0.470. The van der Waals surface area contributed by atoms with Crippen LogP contribution in [0, 0.1) is 11.8 Å². The van der Waals surface area contributed by atoms with Crippen molar-refractivity contribution in [3.63, 3.8) is 0 Å². The molecule has 0 heterocycles. The van der Waals surface area contributed by atoms with Crippen LogP contribution in [0.2, 0.25) is 0 Å². The van der Waals surface area contributed by atoms with E-state index in [9.17, 15) is 15.0 Å². The molecule has 0 bridgehead atoms. The molecule has 2 aliphatic rings. The third-order valence-corrected chi connectivity index (χ3v) is 4.46. The Bertz CT molecular complexity index is 478. The molecule has 0 spiro atoms. The minimum absolute atomic E-state index is 0.00933. The Morgan fingerprint density at radius 2 is 1.95 bits per heavy atom. The molecule has 3 rings (SSSR count). The van der Waals surface area contributed by atoms with E-state index < -0.39 is 18.3 Å². The summed E-state index contributed by atoms with van der Waals surface area (Å²) in [5.74, 6) is 0.286. The van der Waals surface area contributed by atoms with Crippen molar-refractivity contribution >= 4 is 6.09 Å². The van der Waals surface area contributed by atoms with Crippen LogP contribution in [0.15, 0.2) is 30.3 Å². The summed E-state index contributed by atoms with van der Waals surface area (Å²) in [7, 11) is 0. The fourth-order valence-corrected chi connectivity index (χ4v) is 3.26. The van der Waals surface area contributed by atoms with Crippen molar-refractivity contribution < 1.29 is 19.7 Å². The topological polar surface area (TPSA) is 78.8 Å². The Labute approximate surface area is 117 Å². The Morgan fingerprint density at radius 1 is 1.20 bits per heavy atom. The lowest BCUT2D eigenvalue weighted by Gasteiger charge is -2.41. The summed E-state index contributed by atoms with van der Waals surface area (Å²) >= 11 is 0. The van der Waals surface area contributed by atoms with E-state index in [4.69, 9.17) is 4.74 Å². The molecular formula is C15H19NO4. The van der Waals surface area contributed by atoms with Gasteiger partial charge in [-0.2, -0.15) is 0 Å². The van der Waals surface area contributed by atoms with Crippen LogP contribution in [-0.2, 0) is 11.3 Å². The molecule has 5 heteroatoms. The molecule has 5 atom stereocenters. The Morgan fingerprint density at radius 3 is 2.65 bits per heavy atom. The number of aliphatic hydroxyl groups excluding tert-OH is 2. The fraction of sp³-hybridized carbons (Fsp3) is 0.533. The molecule has 0 aliphatic heterocycles. The van der Waals surface area contributed by atoms with Gasteiger partial charge < -0.3 is 20.3 Å². The first-order chi connectivity index (χ1) is 9.65. The molecule has 3 N–H and O–H groups in total. The maximum Gasteiger partial charge on any atom is 0.407 e. The van der Waals surface area contributed by atoms with Crippen LogP contribution < -0.4 is 5.32 Å². The normalized spacial score (nSPS) is 35.0. The number of fused-ring (bicyclic) bond motifs is 1. The lowest BCUT2D eigenvalue weighted by Crippen LogP contribution is -2.52. The molecule has 0 unspecified atom stereocenters. The van der Waals surface area contributed by atoms with Crippen LogP contribution >= 0.6 is 0 Å². The van der Waals surface area contributed by atoms with E-state index in [2.05, 4.69) is 5.32 Å². The highest BCUT2D eigenvalue weighted by Gasteiger charge is 2.53. The van der Waals surface area contributed by atoms with Gasteiger partial charge in [0, 0.05) is 6.04 Å². The molecule has 2 saturated carbocycles. The van der Waals surface area contributed by atoms with Gasteiger partial charge in [0.05, 0.1) is 12.2 Å². The van der Waals surface area contributed by atoms with Crippen molar-refractivity contribution in [2.75, 3.05) is 0 Å². The fourth-order valence-electron chi connectivity index (χ4n) is 3.26. The van der Waals surface area contributed by atoms with Gasteiger partial charge in [0.15, 0.2) is 0 Å². The average molecular weight is 277 g/mol. The first kappa shape index (κ1) is 13.4. The molecule has 0 radical (unpaired) electrons. The molecule has 20 heavy (non-hydrogen) atoms. The summed E-state index contributed by atoms with van der Waals surface area (Å²) in [6.45, 7) is 0.249. The number of carbonyl (C=O) groups is 1. The third kappa shape index (κ3) is 2.51. The van der Waals surface area contributed by atoms with Crippen LogP contribution in [0.3, 0.4) is 0 Å². The third-order valence-electron chi connectivity index (χ3n) is 4.46. The summed E-state index contributed by atoms with van der Waals surface area (Å²) in [6, 6.07) is 9.51. The highest BCUT2D eigenvalue weighted by molar-refractivity contribution is 5.67. The molecular weight excluding hydrogens is 258 g/mol. The number of hydrogen-bond donors (Lipinski definition) is 3. The number of nitrogens with one attached hydrogen (secondary N) is 1. The standard InChI is InChI=1S/C15H19NO4/c17-13-7-10-11(14(13)18)6-12(10)16-15(19)20-8-9-4-2-1-3-5-9/h1-5,10-14,17-18H,6-8H2,(H,16,19)/t10-,11-,12+,13-,14+/m1/s1. The number of rotatable bonds is 3. The first-order valence-corrected chi connectivity index (χ1v) is 6.98. The number of amides is 1. The van der Waals surface area contributed by atoms with Gasteiger partial charge in [-0.05, 0) is 30.2 Å². The molecule has 1 aromatic carbocycles. The van der Waals surface area contributed by atoms with E-state index in [1.165, 1.54) is 0 Å². The zero-order valence-corrected chi connectivity index (χ0v) is 11.1. The molecule has 2 aliphatic carbocycles. The van der Waals surface area contributed by atoms with Crippen molar-refractivity contribution in [3.05, 3.63) is 35.9 Å². The molecule has 0 saturated heterocycles. The summed E-state index contributed by atoms with van der Waals surface area (Å²) in [5, 5.41) is 22.1. The van der Waals surface area contributed by atoms with Crippen LogP contribution in [0.25, 0.3) is 0 Å². The van der Waals surface area contributed by atoms with Gasteiger partial charge in [0.25, 0.3) is 0 Å². The van der Waals surface area contributed by atoms with E-state index in [1.54, 1.807) is 0 Å². The van der Waals surface area contributed by atoms with E-state index in [0.29, 0.717) is 12.8 Å². The van der Waals surface area contributed by atoms with Crippen molar-refractivity contribution in [1.82, 2.24) is 5.32 Å². The summed E-state index contributed by atoms with van der Waals surface area (Å²) < 4.78 is 5.16. The Kier molecular flexibility index (Phi) is 3.63. The van der Waals surface area contributed by atoms with Crippen molar-refractivity contribution in [2.45, 2.75) is 37.7 Å². The van der Waals surface area contributed by atoms with E-state index in [-0.39, 0.29) is 24.5 Å². The molecule has 2 fully saturated rings. The first-order valence-electron chi connectivity index (χ1n) is 6.98. The number of benzene rings is 1. The summed E-state index contributed by atoms with van der Waals surface area (Å²) in [5.41, 5.74) is 0.945. The number of carbonyl (C=O) groups excluding carboxylic acids is 1. The average Bonchev–Trinajstić information content (AvgIpc) is 2.67. The minimum atomic E-state index is -0.655. The van der Waals surface area contributed by atoms with Crippen LogP contribution in [0.5, 0.6) is 0 Å². The van der Waals surface area contributed by atoms with Crippen LogP contribution in [0.1, 0.15) is 18.4 Å². The SMILES string of the molecule is O=C(N[C@H]1C[C@H]2[C@H](O)[C@H](O)C[C@H]21)OCc1ccccc1. The molecule has 1 amide bonds. The molecule has 108 valence electrons. The van der Waals surface area contributed by atoms with Gasteiger partial charge in [-0.15, -0.1) is 0 Å². The second kappa shape index (κ2) is 5.42.